The summed E-state index contributed by atoms with van der Waals surface area (Å²) in [6.45, 7) is 7.83. The molecular formula is C22H27NO5. The Hall–Kier alpha value is -3.02. The minimum Gasteiger partial charge on any atom is -0.494 e. The Balaban J connectivity index is 1.83. The van der Waals surface area contributed by atoms with Gasteiger partial charge in [-0.1, -0.05) is 32.0 Å². The van der Waals surface area contributed by atoms with Crippen LogP contribution in [-0.2, 0) is 14.3 Å². The van der Waals surface area contributed by atoms with Crippen LogP contribution in [0.5, 0.6) is 11.5 Å². The lowest BCUT2D eigenvalue weighted by atomic mass is 10.0. The maximum atomic E-state index is 12.2. The van der Waals surface area contributed by atoms with Gasteiger partial charge in [-0.15, -0.1) is 0 Å². The van der Waals surface area contributed by atoms with Crippen molar-refractivity contribution >= 4 is 17.6 Å². The van der Waals surface area contributed by atoms with Gasteiger partial charge in [0.1, 0.15) is 11.5 Å². The van der Waals surface area contributed by atoms with Crippen LogP contribution in [0.3, 0.4) is 0 Å². The molecule has 0 heterocycles. The summed E-state index contributed by atoms with van der Waals surface area (Å²) in [4.78, 5) is 24.3. The summed E-state index contributed by atoms with van der Waals surface area (Å²) >= 11 is 0. The first-order valence-corrected chi connectivity index (χ1v) is 9.35. The molecule has 0 aromatic heterocycles. The molecule has 0 saturated carbocycles. The highest BCUT2D eigenvalue weighted by molar-refractivity contribution is 5.95. The van der Waals surface area contributed by atoms with Crippen LogP contribution in [0.2, 0.25) is 0 Å². The predicted octanol–water partition coefficient (Wildman–Crippen LogP) is 4.16. The molecule has 0 radical (unpaired) electrons. The summed E-state index contributed by atoms with van der Waals surface area (Å²) < 4.78 is 16.1. The van der Waals surface area contributed by atoms with Crippen LogP contribution in [0.25, 0.3) is 0 Å². The van der Waals surface area contributed by atoms with Crippen molar-refractivity contribution in [2.45, 2.75) is 39.7 Å². The number of nitrogens with one attached hydrogen (secondary N) is 1. The van der Waals surface area contributed by atoms with E-state index in [1.54, 1.807) is 24.3 Å². The van der Waals surface area contributed by atoms with Crippen LogP contribution in [0, 0.1) is 0 Å². The second-order valence-corrected chi connectivity index (χ2v) is 6.56. The molecule has 6 nitrogen and oxygen atoms in total. The second kappa shape index (κ2) is 10.3. The lowest BCUT2D eigenvalue weighted by Gasteiger charge is -2.16. The van der Waals surface area contributed by atoms with Crippen molar-refractivity contribution in [2.75, 3.05) is 18.5 Å². The van der Waals surface area contributed by atoms with Crippen molar-refractivity contribution in [2.24, 2.45) is 0 Å². The SMILES string of the molecule is CCOc1ccc(NC(=O)[C@H](C)OC(=O)COc2ccccc2C(C)C)cc1. The number of amides is 1. The molecule has 0 aliphatic heterocycles. The number of hydrogen-bond donors (Lipinski definition) is 1. The Morgan fingerprint density at radius 3 is 2.29 bits per heavy atom. The quantitative estimate of drug-likeness (QED) is 0.656. The van der Waals surface area contributed by atoms with Crippen molar-refractivity contribution in [3.8, 4) is 11.5 Å². The number of ether oxygens (including phenoxy) is 3. The summed E-state index contributed by atoms with van der Waals surface area (Å²) in [5.74, 6) is 0.610. The molecule has 2 rings (SSSR count). The van der Waals surface area contributed by atoms with Crippen LogP contribution in [-0.4, -0.2) is 31.2 Å². The lowest BCUT2D eigenvalue weighted by molar-refractivity contribution is -0.155. The van der Waals surface area contributed by atoms with Crippen molar-refractivity contribution in [1.82, 2.24) is 0 Å². The Morgan fingerprint density at radius 2 is 1.64 bits per heavy atom. The van der Waals surface area contributed by atoms with Crippen LogP contribution in [0.1, 0.15) is 39.2 Å². The summed E-state index contributed by atoms with van der Waals surface area (Å²) in [7, 11) is 0. The third-order valence-electron chi connectivity index (χ3n) is 4.00. The number of benzene rings is 2. The van der Waals surface area contributed by atoms with Crippen LogP contribution in [0.15, 0.2) is 48.5 Å². The molecule has 28 heavy (non-hydrogen) atoms. The van der Waals surface area contributed by atoms with Crippen molar-refractivity contribution in [3.63, 3.8) is 0 Å². The minimum absolute atomic E-state index is 0.260. The normalized spacial score (nSPS) is 11.6. The molecule has 0 spiro atoms. The van der Waals surface area contributed by atoms with Crippen LogP contribution < -0.4 is 14.8 Å². The lowest BCUT2D eigenvalue weighted by Crippen LogP contribution is -2.31. The average Bonchev–Trinajstić information content (AvgIpc) is 2.68. The molecule has 2 aromatic carbocycles. The van der Waals surface area contributed by atoms with Gasteiger partial charge in [-0.2, -0.15) is 0 Å². The van der Waals surface area contributed by atoms with Gasteiger partial charge in [0.25, 0.3) is 5.91 Å². The van der Waals surface area contributed by atoms with E-state index in [1.165, 1.54) is 6.92 Å². The molecule has 150 valence electrons. The number of carbonyl (C=O) groups excluding carboxylic acids is 2. The Morgan fingerprint density at radius 1 is 0.964 bits per heavy atom. The summed E-state index contributed by atoms with van der Waals surface area (Å²) in [5, 5.41) is 2.70. The van der Waals surface area contributed by atoms with Gasteiger partial charge in [0.05, 0.1) is 6.61 Å². The smallest absolute Gasteiger partial charge is 0.344 e. The molecule has 1 N–H and O–H groups in total. The van der Waals surface area contributed by atoms with Gasteiger partial charge < -0.3 is 19.5 Å². The van der Waals surface area contributed by atoms with Gasteiger partial charge >= 0.3 is 5.97 Å². The first-order valence-electron chi connectivity index (χ1n) is 9.35. The molecule has 0 saturated heterocycles. The van der Waals surface area contributed by atoms with Gasteiger partial charge in [-0.3, -0.25) is 4.79 Å². The largest absolute Gasteiger partial charge is 0.494 e. The third kappa shape index (κ3) is 6.30. The molecule has 0 bridgehead atoms. The molecule has 0 aliphatic carbocycles. The van der Waals surface area contributed by atoms with E-state index < -0.39 is 18.0 Å². The fraction of sp³-hybridized carbons (Fsp3) is 0.364. The van der Waals surface area contributed by atoms with Gasteiger partial charge in [0, 0.05) is 5.69 Å². The highest BCUT2D eigenvalue weighted by Gasteiger charge is 2.19. The predicted molar refractivity (Wildman–Crippen MR) is 108 cm³/mol. The third-order valence-corrected chi connectivity index (χ3v) is 4.00. The van der Waals surface area contributed by atoms with E-state index in [0.29, 0.717) is 18.0 Å². The van der Waals surface area contributed by atoms with E-state index in [9.17, 15) is 9.59 Å². The number of carbonyl (C=O) groups is 2. The van der Waals surface area contributed by atoms with Crippen molar-refractivity contribution < 1.29 is 23.8 Å². The first kappa shape index (κ1) is 21.3. The zero-order chi connectivity index (χ0) is 20.5. The highest BCUT2D eigenvalue weighted by atomic mass is 16.6. The van der Waals surface area contributed by atoms with Crippen molar-refractivity contribution in [1.29, 1.82) is 0 Å². The van der Waals surface area contributed by atoms with Gasteiger partial charge in [-0.25, -0.2) is 4.79 Å². The van der Waals surface area contributed by atoms with E-state index in [-0.39, 0.29) is 12.5 Å². The number of anilines is 1. The van der Waals surface area contributed by atoms with Gasteiger partial charge in [0.15, 0.2) is 12.7 Å². The molecule has 0 aliphatic rings. The van der Waals surface area contributed by atoms with Crippen molar-refractivity contribution in [3.05, 3.63) is 54.1 Å². The second-order valence-electron chi connectivity index (χ2n) is 6.56. The van der Waals surface area contributed by atoms with Gasteiger partial charge in [0.2, 0.25) is 0 Å². The van der Waals surface area contributed by atoms with Crippen LogP contribution >= 0.6 is 0 Å². The maximum Gasteiger partial charge on any atom is 0.344 e. The van der Waals surface area contributed by atoms with E-state index in [2.05, 4.69) is 5.32 Å². The number of hydrogen-bond acceptors (Lipinski definition) is 5. The molecule has 1 amide bonds. The molecule has 6 heteroatoms. The van der Waals surface area contributed by atoms with E-state index in [1.807, 2.05) is 45.0 Å². The van der Waals surface area contributed by atoms with Crippen LogP contribution in [0.4, 0.5) is 5.69 Å². The highest BCUT2D eigenvalue weighted by Crippen LogP contribution is 2.25. The monoisotopic (exact) mass is 385 g/mol. The maximum absolute atomic E-state index is 12.2. The zero-order valence-corrected chi connectivity index (χ0v) is 16.7. The summed E-state index contributed by atoms with van der Waals surface area (Å²) in [6.07, 6.45) is -0.942. The molecule has 2 aromatic rings. The Bertz CT molecular complexity index is 786. The number of esters is 1. The summed E-state index contributed by atoms with van der Waals surface area (Å²) in [5.41, 5.74) is 1.61. The molecule has 0 unspecified atom stereocenters. The topological polar surface area (TPSA) is 73.9 Å². The van der Waals surface area contributed by atoms with E-state index >= 15 is 0 Å². The van der Waals surface area contributed by atoms with E-state index in [0.717, 1.165) is 11.3 Å². The number of rotatable bonds is 9. The first-order chi connectivity index (χ1) is 13.4. The van der Waals surface area contributed by atoms with E-state index in [4.69, 9.17) is 14.2 Å². The molecule has 0 fully saturated rings. The summed E-state index contributed by atoms with van der Waals surface area (Å²) in [6, 6.07) is 14.5. The standard InChI is InChI=1S/C22H27NO5/c1-5-26-18-12-10-17(11-13-18)23-22(25)16(4)28-21(24)14-27-20-9-7-6-8-19(20)15(2)3/h6-13,15-16H,5,14H2,1-4H3,(H,23,25)/t16-/m0/s1. The van der Waals surface area contributed by atoms with Gasteiger partial charge in [-0.05, 0) is 55.7 Å². The minimum atomic E-state index is -0.942. The fourth-order valence-corrected chi connectivity index (χ4v) is 2.56. The average molecular weight is 385 g/mol. The Labute approximate surface area is 165 Å². The Kier molecular flexibility index (Phi) is 7.87. The molecule has 1 atom stereocenters. The zero-order valence-electron chi connectivity index (χ0n) is 16.7. The number of para-hydroxylation sites is 1. The molecular weight excluding hydrogens is 358 g/mol. The fourth-order valence-electron chi connectivity index (χ4n) is 2.56.